The van der Waals surface area contributed by atoms with Crippen LogP contribution in [0.2, 0.25) is 0 Å². The SMILES string of the molecule is COC(=O)CC=Cc1cccc(N)c1C#N. The van der Waals surface area contributed by atoms with Crippen molar-refractivity contribution in [2.75, 3.05) is 12.8 Å². The molecule has 16 heavy (non-hydrogen) atoms. The van der Waals surface area contributed by atoms with Gasteiger partial charge in [-0.05, 0) is 11.6 Å². The summed E-state index contributed by atoms with van der Waals surface area (Å²) < 4.78 is 4.49. The number of carbonyl (C=O) groups excluding carboxylic acids is 1. The molecule has 4 heteroatoms. The lowest BCUT2D eigenvalue weighted by Crippen LogP contribution is -1.97. The number of nitriles is 1. The van der Waals surface area contributed by atoms with Crippen molar-refractivity contribution in [2.24, 2.45) is 0 Å². The standard InChI is InChI=1S/C12H12N2O2/c1-16-12(15)7-3-5-9-4-2-6-11(14)10(9)8-13/h2-6H,7,14H2,1H3. The number of nitrogens with two attached hydrogens (primary N) is 1. The molecule has 1 rings (SSSR count). The number of nitrogens with zero attached hydrogens (tertiary/aromatic N) is 1. The maximum absolute atomic E-state index is 10.9. The molecule has 1 aromatic rings. The number of hydrogen-bond donors (Lipinski definition) is 1. The molecule has 0 amide bonds. The Morgan fingerprint density at radius 3 is 3.00 bits per heavy atom. The van der Waals surface area contributed by atoms with Crippen LogP contribution in [0.5, 0.6) is 0 Å². The normalized spacial score (nSPS) is 10.0. The highest BCUT2D eigenvalue weighted by Crippen LogP contribution is 2.17. The first-order valence-electron chi connectivity index (χ1n) is 4.71. The molecule has 4 nitrogen and oxygen atoms in total. The second-order valence-corrected chi connectivity index (χ2v) is 3.11. The molecule has 0 saturated heterocycles. The number of esters is 1. The van der Waals surface area contributed by atoms with E-state index in [1.807, 2.05) is 6.07 Å². The van der Waals surface area contributed by atoms with E-state index in [9.17, 15) is 4.79 Å². The number of rotatable bonds is 3. The Labute approximate surface area is 93.9 Å². The van der Waals surface area contributed by atoms with Gasteiger partial charge in [0.05, 0.1) is 24.8 Å². The van der Waals surface area contributed by atoms with Gasteiger partial charge in [-0.2, -0.15) is 5.26 Å². The van der Waals surface area contributed by atoms with Crippen LogP contribution in [-0.4, -0.2) is 13.1 Å². The third-order valence-corrected chi connectivity index (χ3v) is 2.05. The van der Waals surface area contributed by atoms with Crippen LogP contribution in [0.4, 0.5) is 5.69 Å². The van der Waals surface area contributed by atoms with Crippen LogP contribution in [0.1, 0.15) is 17.5 Å². The second kappa shape index (κ2) is 5.56. The third-order valence-electron chi connectivity index (χ3n) is 2.05. The molecule has 82 valence electrons. The van der Waals surface area contributed by atoms with Gasteiger partial charge in [0.15, 0.2) is 0 Å². The minimum absolute atomic E-state index is 0.177. The predicted octanol–water partition coefficient (Wildman–Crippen LogP) is 1.72. The van der Waals surface area contributed by atoms with Gasteiger partial charge in [0, 0.05) is 0 Å². The molecule has 0 atom stereocenters. The van der Waals surface area contributed by atoms with Gasteiger partial charge < -0.3 is 10.5 Å². The van der Waals surface area contributed by atoms with Crippen molar-refractivity contribution in [3.05, 3.63) is 35.4 Å². The highest BCUT2D eigenvalue weighted by Gasteiger charge is 2.02. The molecule has 0 aliphatic rings. The molecular formula is C12H12N2O2. The minimum Gasteiger partial charge on any atom is -0.469 e. The summed E-state index contributed by atoms with van der Waals surface area (Å²) in [6.45, 7) is 0. The van der Waals surface area contributed by atoms with E-state index in [1.165, 1.54) is 7.11 Å². The highest BCUT2D eigenvalue weighted by atomic mass is 16.5. The Kier molecular flexibility index (Phi) is 4.10. The molecule has 0 radical (unpaired) electrons. The van der Waals surface area contributed by atoms with Crippen molar-refractivity contribution < 1.29 is 9.53 Å². The number of methoxy groups -OCH3 is 1. The van der Waals surface area contributed by atoms with E-state index >= 15 is 0 Å². The van der Waals surface area contributed by atoms with Crippen LogP contribution in [0, 0.1) is 11.3 Å². The van der Waals surface area contributed by atoms with Crippen LogP contribution in [0.15, 0.2) is 24.3 Å². The van der Waals surface area contributed by atoms with Gasteiger partial charge in [0.25, 0.3) is 0 Å². The van der Waals surface area contributed by atoms with Crippen molar-refractivity contribution in [3.8, 4) is 6.07 Å². The van der Waals surface area contributed by atoms with Gasteiger partial charge in [-0.15, -0.1) is 0 Å². The first-order valence-corrected chi connectivity index (χ1v) is 4.71. The Bertz CT molecular complexity index is 459. The molecule has 0 aromatic heterocycles. The van der Waals surface area contributed by atoms with E-state index in [0.29, 0.717) is 16.8 Å². The van der Waals surface area contributed by atoms with Gasteiger partial charge in [0.1, 0.15) is 6.07 Å². The van der Waals surface area contributed by atoms with Gasteiger partial charge >= 0.3 is 5.97 Å². The number of nitrogen functional groups attached to an aromatic ring is 1. The lowest BCUT2D eigenvalue weighted by atomic mass is 10.1. The van der Waals surface area contributed by atoms with Crippen molar-refractivity contribution in [3.63, 3.8) is 0 Å². The van der Waals surface area contributed by atoms with Crippen LogP contribution < -0.4 is 5.73 Å². The maximum Gasteiger partial charge on any atom is 0.309 e. The van der Waals surface area contributed by atoms with Gasteiger partial charge in [-0.3, -0.25) is 4.79 Å². The molecule has 0 bridgehead atoms. The monoisotopic (exact) mass is 216 g/mol. The van der Waals surface area contributed by atoms with E-state index in [2.05, 4.69) is 4.74 Å². The Morgan fingerprint density at radius 2 is 2.38 bits per heavy atom. The molecule has 0 heterocycles. The summed E-state index contributed by atoms with van der Waals surface area (Å²) >= 11 is 0. The number of anilines is 1. The topological polar surface area (TPSA) is 76.1 Å². The summed E-state index contributed by atoms with van der Waals surface area (Å²) in [5, 5.41) is 8.90. The molecule has 0 spiro atoms. The summed E-state index contributed by atoms with van der Waals surface area (Å²) in [4.78, 5) is 10.9. The zero-order valence-electron chi connectivity index (χ0n) is 8.93. The Hall–Kier alpha value is -2.28. The fraction of sp³-hybridized carbons (Fsp3) is 0.167. The second-order valence-electron chi connectivity index (χ2n) is 3.11. The van der Waals surface area contributed by atoms with Gasteiger partial charge in [0.2, 0.25) is 0 Å². The molecule has 2 N–H and O–H groups in total. The molecule has 1 aromatic carbocycles. The van der Waals surface area contributed by atoms with Crippen molar-refractivity contribution in [1.82, 2.24) is 0 Å². The van der Waals surface area contributed by atoms with Crippen molar-refractivity contribution >= 4 is 17.7 Å². The molecule has 0 saturated carbocycles. The smallest absolute Gasteiger partial charge is 0.309 e. The first-order chi connectivity index (χ1) is 7.69. The van der Waals surface area contributed by atoms with E-state index in [0.717, 1.165) is 0 Å². The van der Waals surface area contributed by atoms with E-state index < -0.39 is 0 Å². The third kappa shape index (κ3) is 2.85. The van der Waals surface area contributed by atoms with E-state index in [1.54, 1.807) is 30.4 Å². The molecule has 0 unspecified atom stereocenters. The summed E-state index contributed by atoms with van der Waals surface area (Å²) in [7, 11) is 1.33. The largest absolute Gasteiger partial charge is 0.469 e. The first kappa shape index (κ1) is 11.8. The maximum atomic E-state index is 10.9. The minimum atomic E-state index is -0.321. The van der Waals surface area contributed by atoms with Crippen LogP contribution in [0.25, 0.3) is 6.08 Å². The zero-order chi connectivity index (χ0) is 12.0. The molecule has 0 aliphatic carbocycles. The number of benzene rings is 1. The van der Waals surface area contributed by atoms with E-state index in [4.69, 9.17) is 11.0 Å². The molecular weight excluding hydrogens is 204 g/mol. The summed E-state index contributed by atoms with van der Waals surface area (Å²) in [6.07, 6.45) is 3.50. The number of carbonyl (C=O) groups is 1. The predicted molar refractivity (Wildman–Crippen MR) is 61.2 cm³/mol. The van der Waals surface area contributed by atoms with Crippen LogP contribution >= 0.6 is 0 Å². The highest BCUT2D eigenvalue weighted by molar-refractivity contribution is 5.74. The quantitative estimate of drug-likeness (QED) is 0.616. The van der Waals surface area contributed by atoms with Crippen molar-refractivity contribution in [2.45, 2.75) is 6.42 Å². The molecule has 0 aliphatic heterocycles. The Morgan fingerprint density at radius 1 is 1.62 bits per heavy atom. The summed E-state index contributed by atoms with van der Waals surface area (Å²) in [6, 6.07) is 7.21. The van der Waals surface area contributed by atoms with Gasteiger partial charge in [-0.1, -0.05) is 24.3 Å². The lowest BCUT2D eigenvalue weighted by molar-refractivity contribution is -0.139. The molecule has 0 fully saturated rings. The number of ether oxygens (including phenoxy) is 1. The fourth-order valence-electron chi connectivity index (χ4n) is 1.22. The van der Waals surface area contributed by atoms with Gasteiger partial charge in [-0.25, -0.2) is 0 Å². The fourth-order valence-corrected chi connectivity index (χ4v) is 1.22. The van der Waals surface area contributed by atoms with E-state index in [-0.39, 0.29) is 12.4 Å². The van der Waals surface area contributed by atoms with Crippen LogP contribution in [0.3, 0.4) is 0 Å². The average Bonchev–Trinajstić information content (AvgIpc) is 2.29. The van der Waals surface area contributed by atoms with Crippen LogP contribution in [-0.2, 0) is 9.53 Å². The average molecular weight is 216 g/mol. The Balaban J connectivity index is 2.86. The summed E-state index contributed by atoms with van der Waals surface area (Å²) in [5.74, 6) is -0.321. The lowest BCUT2D eigenvalue weighted by Gasteiger charge is -2.00. The summed E-state index contributed by atoms with van der Waals surface area (Å²) in [5.41, 5.74) is 7.20. The number of hydrogen-bond acceptors (Lipinski definition) is 4. The van der Waals surface area contributed by atoms with Crippen molar-refractivity contribution in [1.29, 1.82) is 5.26 Å². The zero-order valence-corrected chi connectivity index (χ0v) is 8.93.